The first kappa shape index (κ1) is 18.2. The number of benzene rings is 2. The van der Waals surface area contributed by atoms with E-state index in [9.17, 15) is 26.3 Å². The molecule has 4 rings (SSSR count). The number of para-hydroxylation sites is 2. The van der Waals surface area contributed by atoms with Gasteiger partial charge in [0.25, 0.3) is 5.41 Å². The Kier molecular flexibility index (Phi) is 3.97. The normalized spacial score (nSPS) is 13.6. The topological polar surface area (TPSA) is 25.8 Å². The Hall–Kier alpha value is -2.20. The van der Waals surface area contributed by atoms with Crippen molar-refractivity contribution >= 4 is 43.1 Å². The number of hydrogen-bond donors (Lipinski definition) is 0. The van der Waals surface area contributed by atoms with Crippen LogP contribution in [0.3, 0.4) is 0 Å². The zero-order valence-corrected chi connectivity index (χ0v) is 14.7. The van der Waals surface area contributed by atoms with Crippen LogP contribution in [0.4, 0.5) is 26.3 Å². The van der Waals surface area contributed by atoms with Crippen molar-refractivity contribution in [3.05, 3.63) is 58.5 Å². The summed E-state index contributed by atoms with van der Waals surface area (Å²) in [7, 11) is 0. The number of alkyl halides is 6. The molecule has 0 bridgehead atoms. The standard InChI is InChI=1S/C17H8F6N2S2/c18-16(19,20)15(17(21,22)23,13-24-9-5-1-3-7-11(9)26-13)14-25-10-6-2-4-8-12(10)27-14/h1-8H. The maximum absolute atomic E-state index is 14.1. The Balaban J connectivity index is 2.11. The van der Waals surface area contributed by atoms with Gasteiger partial charge in [0, 0.05) is 0 Å². The molecule has 0 atom stereocenters. The Morgan fingerprint density at radius 2 is 0.963 bits per heavy atom. The lowest BCUT2D eigenvalue weighted by Gasteiger charge is -2.33. The van der Waals surface area contributed by atoms with Gasteiger partial charge in [0.15, 0.2) is 0 Å². The Bertz CT molecular complexity index is 970. The van der Waals surface area contributed by atoms with Gasteiger partial charge in [0.05, 0.1) is 20.4 Å². The van der Waals surface area contributed by atoms with E-state index in [-0.39, 0.29) is 20.4 Å². The molecule has 0 aliphatic carbocycles. The summed E-state index contributed by atoms with van der Waals surface area (Å²) in [5.41, 5.74) is -4.12. The van der Waals surface area contributed by atoms with Gasteiger partial charge in [-0.15, -0.1) is 22.7 Å². The van der Waals surface area contributed by atoms with Gasteiger partial charge in [-0.3, -0.25) is 0 Å². The Morgan fingerprint density at radius 1 is 0.593 bits per heavy atom. The average molecular weight is 418 g/mol. The minimum absolute atomic E-state index is 0.0801. The van der Waals surface area contributed by atoms with Crippen LogP contribution >= 0.6 is 22.7 Å². The summed E-state index contributed by atoms with van der Waals surface area (Å²) in [6.07, 6.45) is -11.3. The van der Waals surface area contributed by atoms with Crippen LogP contribution in [0.15, 0.2) is 48.5 Å². The minimum Gasteiger partial charge on any atom is -0.239 e. The number of fused-ring (bicyclic) bond motifs is 2. The van der Waals surface area contributed by atoms with E-state index in [0.29, 0.717) is 22.7 Å². The number of halogens is 6. The molecule has 0 N–H and O–H groups in total. The smallest absolute Gasteiger partial charge is 0.239 e. The molecule has 0 saturated carbocycles. The molecule has 0 saturated heterocycles. The van der Waals surface area contributed by atoms with Gasteiger partial charge < -0.3 is 0 Å². The largest absolute Gasteiger partial charge is 0.416 e. The molecular weight excluding hydrogens is 410 g/mol. The van der Waals surface area contributed by atoms with Gasteiger partial charge >= 0.3 is 12.4 Å². The summed E-state index contributed by atoms with van der Waals surface area (Å²) in [6, 6.07) is 11.7. The van der Waals surface area contributed by atoms with Crippen LogP contribution in [0.5, 0.6) is 0 Å². The fourth-order valence-corrected chi connectivity index (χ4v) is 5.26. The molecular formula is C17H8F6N2S2. The van der Waals surface area contributed by atoms with E-state index in [4.69, 9.17) is 0 Å². The van der Waals surface area contributed by atoms with Crippen molar-refractivity contribution in [2.24, 2.45) is 0 Å². The third kappa shape index (κ3) is 2.61. The number of rotatable bonds is 2. The molecule has 0 aliphatic heterocycles. The van der Waals surface area contributed by atoms with E-state index >= 15 is 0 Å². The zero-order chi connectivity index (χ0) is 19.4. The summed E-state index contributed by atoms with van der Waals surface area (Å²) in [5.74, 6) is 0. The first-order valence-corrected chi connectivity index (χ1v) is 9.13. The molecule has 2 nitrogen and oxygen atoms in total. The molecule has 2 aromatic carbocycles. The highest BCUT2D eigenvalue weighted by molar-refractivity contribution is 7.20. The predicted molar refractivity (Wildman–Crippen MR) is 92.1 cm³/mol. The maximum atomic E-state index is 14.1. The number of hydrogen-bond acceptors (Lipinski definition) is 4. The fourth-order valence-electron chi connectivity index (χ4n) is 2.80. The molecule has 2 heterocycles. The van der Waals surface area contributed by atoms with Crippen molar-refractivity contribution < 1.29 is 26.3 Å². The van der Waals surface area contributed by atoms with E-state index < -0.39 is 27.8 Å². The van der Waals surface area contributed by atoms with Gasteiger partial charge in [-0.2, -0.15) is 26.3 Å². The van der Waals surface area contributed by atoms with Crippen LogP contribution in [-0.4, -0.2) is 22.3 Å². The second-order valence-electron chi connectivity index (χ2n) is 5.72. The summed E-state index contributed by atoms with van der Waals surface area (Å²) in [5, 5.41) is -2.16. The second-order valence-corrected chi connectivity index (χ2v) is 7.78. The van der Waals surface area contributed by atoms with E-state index in [1.165, 1.54) is 48.5 Å². The summed E-state index contributed by atoms with van der Waals surface area (Å²) in [6.45, 7) is 0. The van der Waals surface area contributed by atoms with Crippen molar-refractivity contribution in [1.82, 2.24) is 9.97 Å². The van der Waals surface area contributed by atoms with Crippen LogP contribution in [0.25, 0.3) is 20.4 Å². The van der Waals surface area contributed by atoms with Crippen LogP contribution in [-0.2, 0) is 5.41 Å². The zero-order valence-electron chi connectivity index (χ0n) is 13.1. The first-order chi connectivity index (χ1) is 12.6. The highest BCUT2D eigenvalue weighted by Gasteiger charge is 2.76. The third-order valence-electron chi connectivity index (χ3n) is 4.08. The van der Waals surface area contributed by atoms with Crippen molar-refractivity contribution in [2.45, 2.75) is 17.8 Å². The van der Waals surface area contributed by atoms with Gasteiger partial charge in [0.2, 0.25) is 0 Å². The van der Waals surface area contributed by atoms with E-state index in [1.807, 2.05) is 0 Å². The number of nitrogens with zero attached hydrogens (tertiary/aromatic N) is 2. The van der Waals surface area contributed by atoms with E-state index in [2.05, 4.69) is 9.97 Å². The molecule has 140 valence electrons. The Morgan fingerprint density at radius 3 is 1.30 bits per heavy atom. The van der Waals surface area contributed by atoms with Crippen LogP contribution < -0.4 is 0 Å². The molecule has 2 aromatic heterocycles. The summed E-state index contributed by atoms with van der Waals surface area (Å²) in [4.78, 5) is 7.42. The van der Waals surface area contributed by atoms with Crippen molar-refractivity contribution in [3.8, 4) is 0 Å². The molecule has 4 aromatic rings. The lowest BCUT2D eigenvalue weighted by Crippen LogP contribution is -2.54. The molecule has 0 unspecified atom stereocenters. The fraction of sp³-hybridized carbons (Fsp3) is 0.176. The molecule has 0 fully saturated rings. The lowest BCUT2D eigenvalue weighted by atomic mass is 9.87. The summed E-state index contributed by atoms with van der Waals surface area (Å²) >= 11 is 0.757. The molecule has 0 aliphatic rings. The third-order valence-corrected chi connectivity index (χ3v) is 6.39. The van der Waals surface area contributed by atoms with Crippen molar-refractivity contribution in [1.29, 1.82) is 0 Å². The average Bonchev–Trinajstić information content (AvgIpc) is 3.16. The van der Waals surface area contributed by atoms with Crippen LogP contribution in [0.2, 0.25) is 0 Å². The van der Waals surface area contributed by atoms with E-state index in [0.717, 1.165) is 0 Å². The highest BCUT2D eigenvalue weighted by atomic mass is 32.1. The second kappa shape index (κ2) is 5.90. The van der Waals surface area contributed by atoms with Crippen molar-refractivity contribution in [3.63, 3.8) is 0 Å². The lowest BCUT2D eigenvalue weighted by molar-refractivity contribution is -0.288. The van der Waals surface area contributed by atoms with Crippen LogP contribution in [0, 0.1) is 0 Å². The van der Waals surface area contributed by atoms with Crippen LogP contribution in [0.1, 0.15) is 10.0 Å². The minimum atomic E-state index is -5.67. The quantitative estimate of drug-likeness (QED) is 0.356. The number of aromatic nitrogens is 2. The van der Waals surface area contributed by atoms with Crippen molar-refractivity contribution in [2.75, 3.05) is 0 Å². The first-order valence-electron chi connectivity index (χ1n) is 7.50. The molecule has 0 amide bonds. The SMILES string of the molecule is FC(F)(F)C(c1nc2ccccc2s1)(c1nc2ccccc2s1)C(F)(F)F. The number of thiazole rings is 2. The van der Waals surface area contributed by atoms with Gasteiger partial charge in [0.1, 0.15) is 10.0 Å². The molecule has 0 radical (unpaired) electrons. The maximum Gasteiger partial charge on any atom is 0.416 e. The molecule has 27 heavy (non-hydrogen) atoms. The van der Waals surface area contributed by atoms with Gasteiger partial charge in [-0.05, 0) is 24.3 Å². The monoisotopic (exact) mass is 418 g/mol. The predicted octanol–water partition coefficient (Wildman–Crippen LogP) is 6.32. The molecule has 10 heteroatoms. The highest BCUT2D eigenvalue weighted by Crippen LogP contribution is 2.58. The Labute approximate surface area is 156 Å². The van der Waals surface area contributed by atoms with Gasteiger partial charge in [-0.25, -0.2) is 9.97 Å². The van der Waals surface area contributed by atoms with Gasteiger partial charge in [-0.1, -0.05) is 24.3 Å². The molecule has 0 spiro atoms. The van der Waals surface area contributed by atoms with E-state index in [1.54, 1.807) is 0 Å². The summed E-state index contributed by atoms with van der Waals surface area (Å²) < 4.78 is 85.2.